The van der Waals surface area contributed by atoms with E-state index < -0.39 is 11.8 Å². The molecule has 7 heteroatoms. The maximum atomic E-state index is 13.7. The first kappa shape index (κ1) is 13.5. The predicted octanol–water partition coefficient (Wildman–Crippen LogP) is 1.22. The van der Waals surface area contributed by atoms with E-state index in [1.54, 1.807) is 6.07 Å². The van der Waals surface area contributed by atoms with Gasteiger partial charge in [0.25, 0.3) is 0 Å². The van der Waals surface area contributed by atoms with E-state index in [4.69, 9.17) is 15.7 Å². The van der Waals surface area contributed by atoms with Gasteiger partial charge in [0.05, 0.1) is 17.4 Å². The number of benzene rings is 1. The smallest absolute Gasteiger partial charge is 0.328 e. The first-order valence-electron chi connectivity index (χ1n) is 5.71. The van der Waals surface area contributed by atoms with Gasteiger partial charge in [-0.05, 0) is 6.07 Å². The standard InChI is InChI=1S/C13H11FN4O2/c14-13-9(4-15)2-1-3-10(13)8-20-12(19)7-18-6-11(16)5-17-18/h1-3,5-6H,7-8,16H2. The van der Waals surface area contributed by atoms with Crippen molar-refractivity contribution >= 4 is 11.7 Å². The third kappa shape index (κ3) is 3.11. The van der Waals surface area contributed by atoms with Crippen LogP contribution in [0.15, 0.2) is 30.6 Å². The van der Waals surface area contributed by atoms with Crippen LogP contribution in [-0.2, 0) is 22.7 Å². The summed E-state index contributed by atoms with van der Waals surface area (Å²) >= 11 is 0. The van der Waals surface area contributed by atoms with Crippen LogP contribution in [-0.4, -0.2) is 15.7 Å². The monoisotopic (exact) mass is 274 g/mol. The summed E-state index contributed by atoms with van der Waals surface area (Å²) in [7, 11) is 0. The van der Waals surface area contributed by atoms with Crippen LogP contribution in [0.2, 0.25) is 0 Å². The third-order valence-electron chi connectivity index (χ3n) is 2.53. The highest BCUT2D eigenvalue weighted by Gasteiger charge is 2.11. The lowest BCUT2D eigenvalue weighted by atomic mass is 10.1. The van der Waals surface area contributed by atoms with E-state index in [2.05, 4.69) is 5.10 Å². The third-order valence-corrected chi connectivity index (χ3v) is 2.53. The van der Waals surface area contributed by atoms with Crippen LogP contribution in [0.4, 0.5) is 10.1 Å². The van der Waals surface area contributed by atoms with Crippen LogP contribution in [0.1, 0.15) is 11.1 Å². The molecule has 0 fully saturated rings. The number of nitrogen functional groups attached to an aromatic ring is 1. The molecule has 0 radical (unpaired) electrons. The lowest BCUT2D eigenvalue weighted by Gasteiger charge is -2.06. The van der Waals surface area contributed by atoms with Crippen LogP contribution in [0.25, 0.3) is 0 Å². The molecule has 2 aromatic rings. The van der Waals surface area contributed by atoms with Crippen molar-refractivity contribution in [1.29, 1.82) is 5.26 Å². The van der Waals surface area contributed by atoms with Gasteiger partial charge in [-0.1, -0.05) is 12.1 Å². The van der Waals surface area contributed by atoms with Crippen molar-refractivity contribution in [3.63, 3.8) is 0 Å². The van der Waals surface area contributed by atoms with Crippen molar-refractivity contribution in [3.8, 4) is 6.07 Å². The number of carbonyl (C=O) groups excluding carboxylic acids is 1. The summed E-state index contributed by atoms with van der Waals surface area (Å²) in [6, 6.07) is 6.06. The summed E-state index contributed by atoms with van der Waals surface area (Å²) in [4.78, 5) is 11.5. The minimum absolute atomic E-state index is 0.0848. The molecular weight excluding hydrogens is 263 g/mol. The summed E-state index contributed by atoms with van der Waals surface area (Å²) in [6.45, 7) is -0.353. The van der Waals surface area contributed by atoms with Crippen molar-refractivity contribution in [2.24, 2.45) is 0 Å². The minimum Gasteiger partial charge on any atom is -0.459 e. The molecule has 0 saturated carbocycles. The number of nitrogens with zero attached hydrogens (tertiary/aromatic N) is 3. The molecule has 1 heterocycles. The van der Waals surface area contributed by atoms with Crippen LogP contribution in [0.5, 0.6) is 0 Å². The zero-order valence-electron chi connectivity index (χ0n) is 10.4. The van der Waals surface area contributed by atoms with Crippen molar-refractivity contribution < 1.29 is 13.9 Å². The highest BCUT2D eigenvalue weighted by atomic mass is 19.1. The largest absolute Gasteiger partial charge is 0.459 e. The number of nitriles is 1. The van der Waals surface area contributed by atoms with Gasteiger partial charge in [0.15, 0.2) is 0 Å². The van der Waals surface area contributed by atoms with Crippen molar-refractivity contribution in [2.45, 2.75) is 13.2 Å². The molecule has 6 nitrogen and oxygen atoms in total. The molecule has 102 valence electrons. The van der Waals surface area contributed by atoms with Crippen LogP contribution in [0, 0.1) is 17.1 Å². The van der Waals surface area contributed by atoms with Gasteiger partial charge < -0.3 is 10.5 Å². The number of hydrogen-bond acceptors (Lipinski definition) is 5. The number of aromatic nitrogens is 2. The Morgan fingerprint density at radius 2 is 2.35 bits per heavy atom. The molecule has 0 unspecified atom stereocenters. The maximum absolute atomic E-state index is 13.7. The average molecular weight is 274 g/mol. The van der Waals surface area contributed by atoms with Gasteiger partial charge in [0.2, 0.25) is 0 Å². The Balaban J connectivity index is 1.95. The van der Waals surface area contributed by atoms with Crippen molar-refractivity contribution in [1.82, 2.24) is 9.78 Å². The van der Waals surface area contributed by atoms with E-state index in [1.807, 2.05) is 0 Å². The second-order valence-corrected chi connectivity index (χ2v) is 4.02. The summed E-state index contributed by atoms with van der Waals surface area (Å²) in [5, 5.41) is 12.5. The van der Waals surface area contributed by atoms with Crippen LogP contribution < -0.4 is 5.73 Å². The summed E-state index contributed by atoms with van der Waals surface area (Å²) in [5.74, 6) is -1.25. The average Bonchev–Trinajstić information content (AvgIpc) is 2.83. The van der Waals surface area contributed by atoms with E-state index in [0.29, 0.717) is 5.69 Å². The number of carbonyl (C=O) groups is 1. The Morgan fingerprint density at radius 3 is 3.00 bits per heavy atom. The Hall–Kier alpha value is -2.88. The van der Waals surface area contributed by atoms with Gasteiger partial charge in [-0.2, -0.15) is 10.4 Å². The fraction of sp³-hybridized carbons (Fsp3) is 0.154. The molecular formula is C13H11FN4O2. The second-order valence-electron chi connectivity index (χ2n) is 4.02. The highest BCUT2D eigenvalue weighted by molar-refractivity contribution is 5.69. The lowest BCUT2D eigenvalue weighted by molar-refractivity contribution is -0.145. The molecule has 1 aromatic heterocycles. The van der Waals surface area contributed by atoms with Gasteiger partial charge >= 0.3 is 5.97 Å². The number of ether oxygens (including phenoxy) is 1. The number of nitrogens with two attached hydrogens (primary N) is 1. The molecule has 0 atom stereocenters. The van der Waals surface area contributed by atoms with E-state index in [-0.39, 0.29) is 24.3 Å². The van der Waals surface area contributed by atoms with E-state index in [1.165, 1.54) is 35.3 Å². The molecule has 0 spiro atoms. The maximum Gasteiger partial charge on any atom is 0.328 e. The predicted molar refractivity (Wildman–Crippen MR) is 67.6 cm³/mol. The first-order valence-corrected chi connectivity index (χ1v) is 5.71. The Morgan fingerprint density at radius 1 is 1.55 bits per heavy atom. The van der Waals surface area contributed by atoms with E-state index in [0.717, 1.165) is 0 Å². The number of halogens is 1. The number of rotatable bonds is 4. The summed E-state index contributed by atoms with van der Waals surface area (Å²) < 4.78 is 20.0. The number of esters is 1. The quantitative estimate of drug-likeness (QED) is 0.846. The fourth-order valence-electron chi connectivity index (χ4n) is 1.58. The van der Waals surface area contributed by atoms with Gasteiger partial charge in [-0.25, -0.2) is 4.39 Å². The molecule has 0 aliphatic carbocycles. The Bertz CT molecular complexity index is 675. The molecule has 20 heavy (non-hydrogen) atoms. The molecule has 0 aliphatic heterocycles. The molecule has 0 saturated heterocycles. The minimum atomic E-state index is -0.675. The summed E-state index contributed by atoms with van der Waals surface area (Å²) in [6.07, 6.45) is 2.89. The molecule has 2 N–H and O–H groups in total. The molecule has 2 rings (SSSR count). The van der Waals surface area contributed by atoms with Crippen LogP contribution >= 0.6 is 0 Å². The van der Waals surface area contributed by atoms with Gasteiger partial charge in [0.1, 0.15) is 25.0 Å². The van der Waals surface area contributed by atoms with Crippen molar-refractivity contribution in [3.05, 3.63) is 47.5 Å². The normalized spacial score (nSPS) is 10.0. The van der Waals surface area contributed by atoms with Gasteiger partial charge in [-0.3, -0.25) is 9.48 Å². The van der Waals surface area contributed by atoms with E-state index in [9.17, 15) is 9.18 Å². The molecule has 0 aliphatic rings. The Kier molecular flexibility index (Phi) is 3.96. The molecule has 0 bridgehead atoms. The zero-order valence-corrected chi connectivity index (χ0v) is 10.4. The lowest BCUT2D eigenvalue weighted by Crippen LogP contribution is -2.14. The zero-order chi connectivity index (χ0) is 14.5. The Labute approximate surface area is 114 Å². The van der Waals surface area contributed by atoms with Crippen molar-refractivity contribution in [2.75, 3.05) is 5.73 Å². The number of anilines is 1. The van der Waals surface area contributed by atoms with Gasteiger partial charge in [0, 0.05) is 11.8 Å². The summed E-state index contributed by atoms with van der Waals surface area (Å²) in [5.41, 5.74) is 5.96. The molecule has 0 amide bonds. The topological polar surface area (TPSA) is 93.9 Å². The SMILES string of the molecule is N#Cc1cccc(COC(=O)Cn2cc(N)cn2)c1F. The van der Waals surface area contributed by atoms with Crippen LogP contribution in [0.3, 0.4) is 0 Å². The highest BCUT2D eigenvalue weighted by Crippen LogP contribution is 2.13. The first-order chi connectivity index (χ1) is 9.60. The molecule has 1 aromatic carbocycles. The fourth-order valence-corrected chi connectivity index (χ4v) is 1.58. The second kappa shape index (κ2) is 5.84. The van der Waals surface area contributed by atoms with E-state index >= 15 is 0 Å². The van der Waals surface area contributed by atoms with Gasteiger partial charge in [-0.15, -0.1) is 0 Å². The number of hydrogen-bond donors (Lipinski definition) is 1.